The van der Waals surface area contributed by atoms with Crippen LogP contribution in [0.3, 0.4) is 0 Å². The van der Waals surface area contributed by atoms with Crippen LogP contribution in [0.2, 0.25) is 5.02 Å². The van der Waals surface area contributed by atoms with Gasteiger partial charge >= 0.3 is 0 Å². The molecule has 1 amide bonds. The minimum atomic E-state index is -0.0544. The fourth-order valence-electron chi connectivity index (χ4n) is 3.32. The van der Waals surface area contributed by atoms with Gasteiger partial charge in [-0.3, -0.25) is 9.36 Å². The number of halogens is 1. The largest absolute Gasteiger partial charge is 0.378 e. The Hall–Kier alpha value is -3.29. The normalized spacial score (nSPS) is 10.8. The number of nitrogens with zero attached hydrogens (tertiary/aromatic N) is 3. The van der Waals surface area contributed by atoms with Gasteiger partial charge in [0.2, 0.25) is 5.91 Å². The van der Waals surface area contributed by atoms with E-state index in [0.29, 0.717) is 23.3 Å². The highest BCUT2D eigenvalue weighted by molar-refractivity contribution is 7.99. The van der Waals surface area contributed by atoms with Crippen molar-refractivity contribution >= 4 is 35.0 Å². The van der Waals surface area contributed by atoms with Crippen LogP contribution < -0.4 is 10.6 Å². The number of rotatable bonds is 9. The molecular weight excluding hydrogens is 466 g/mol. The summed E-state index contributed by atoms with van der Waals surface area (Å²) in [6, 6.07) is 23.9. The van der Waals surface area contributed by atoms with Crippen LogP contribution in [0.1, 0.15) is 22.5 Å². The molecule has 6 nitrogen and oxygen atoms in total. The maximum atomic E-state index is 12.4. The standard InChI is InChI=1S/C26H26ClN5OS/c1-18-8-12-22(13-9-18)32-24(16-28-21-11-10-19(2)23(27)14-21)30-31-26(32)34-17-25(33)29-15-20-6-4-3-5-7-20/h3-14,28H,15-17H2,1-2H3,(H,29,33). The van der Waals surface area contributed by atoms with Crippen LogP contribution >= 0.6 is 23.4 Å². The number of hydrogen-bond acceptors (Lipinski definition) is 5. The van der Waals surface area contributed by atoms with E-state index in [0.717, 1.165) is 28.3 Å². The first kappa shape index (κ1) is 23.9. The van der Waals surface area contributed by atoms with Crippen molar-refractivity contribution in [2.75, 3.05) is 11.1 Å². The fourth-order valence-corrected chi connectivity index (χ4v) is 4.30. The maximum absolute atomic E-state index is 12.4. The van der Waals surface area contributed by atoms with Gasteiger partial charge in [-0.15, -0.1) is 10.2 Å². The molecule has 4 rings (SSSR count). The summed E-state index contributed by atoms with van der Waals surface area (Å²) in [6.45, 7) is 4.98. The molecule has 8 heteroatoms. The summed E-state index contributed by atoms with van der Waals surface area (Å²) in [5, 5.41) is 16.5. The van der Waals surface area contributed by atoms with E-state index in [1.54, 1.807) is 0 Å². The number of hydrogen-bond donors (Lipinski definition) is 2. The molecule has 34 heavy (non-hydrogen) atoms. The van der Waals surface area contributed by atoms with Crippen LogP contribution in [0.25, 0.3) is 5.69 Å². The zero-order valence-electron chi connectivity index (χ0n) is 19.1. The van der Waals surface area contributed by atoms with Crippen LogP contribution in [-0.4, -0.2) is 26.4 Å². The van der Waals surface area contributed by atoms with Gasteiger partial charge in [0.15, 0.2) is 11.0 Å². The number of thioether (sulfide) groups is 1. The average Bonchev–Trinajstić information content (AvgIpc) is 3.26. The van der Waals surface area contributed by atoms with E-state index in [1.807, 2.05) is 91.2 Å². The second-order valence-corrected chi connectivity index (χ2v) is 9.29. The number of aryl methyl sites for hydroxylation is 2. The number of carbonyl (C=O) groups excluding carboxylic acids is 1. The molecular formula is C26H26ClN5OS. The zero-order valence-corrected chi connectivity index (χ0v) is 20.7. The highest BCUT2D eigenvalue weighted by atomic mass is 35.5. The van der Waals surface area contributed by atoms with Crippen LogP contribution in [-0.2, 0) is 17.9 Å². The zero-order chi connectivity index (χ0) is 23.9. The number of aromatic nitrogens is 3. The average molecular weight is 492 g/mol. The van der Waals surface area contributed by atoms with E-state index in [9.17, 15) is 4.79 Å². The van der Waals surface area contributed by atoms with Gasteiger partial charge in [0, 0.05) is 22.9 Å². The molecule has 0 unspecified atom stereocenters. The van der Waals surface area contributed by atoms with E-state index >= 15 is 0 Å². The minimum Gasteiger partial charge on any atom is -0.378 e. The molecule has 0 saturated heterocycles. The van der Waals surface area contributed by atoms with Crippen molar-refractivity contribution in [1.29, 1.82) is 0 Å². The van der Waals surface area contributed by atoms with Gasteiger partial charge in [-0.05, 0) is 49.2 Å². The minimum absolute atomic E-state index is 0.0544. The summed E-state index contributed by atoms with van der Waals surface area (Å²) < 4.78 is 1.98. The van der Waals surface area contributed by atoms with Gasteiger partial charge in [0.25, 0.3) is 0 Å². The summed E-state index contributed by atoms with van der Waals surface area (Å²) in [5.74, 6) is 0.937. The van der Waals surface area contributed by atoms with E-state index in [2.05, 4.69) is 20.8 Å². The molecule has 2 N–H and O–H groups in total. The highest BCUT2D eigenvalue weighted by Crippen LogP contribution is 2.24. The molecule has 4 aromatic rings. The lowest BCUT2D eigenvalue weighted by molar-refractivity contribution is -0.118. The molecule has 0 bridgehead atoms. The smallest absolute Gasteiger partial charge is 0.230 e. The molecule has 0 radical (unpaired) electrons. The molecule has 0 saturated carbocycles. The predicted octanol–water partition coefficient (Wildman–Crippen LogP) is 5.56. The third-order valence-electron chi connectivity index (χ3n) is 5.28. The van der Waals surface area contributed by atoms with Crippen molar-refractivity contribution in [1.82, 2.24) is 20.1 Å². The molecule has 1 aromatic heterocycles. The third kappa shape index (κ3) is 6.18. The molecule has 174 valence electrons. The molecule has 0 aliphatic carbocycles. The Bertz CT molecular complexity index is 1260. The van der Waals surface area contributed by atoms with E-state index < -0.39 is 0 Å². The summed E-state index contributed by atoms with van der Waals surface area (Å²) in [4.78, 5) is 12.4. The lowest BCUT2D eigenvalue weighted by Crippen LogP contribution is -2.24. The molecule has 0 spiro atoms. The number of nitrogens with one attached hydrogen (secondary N) is 2. The van der Waals surface area contributed by atoms with Gasteiger partial charge in [0.1, 0.15) is 0 Å². The lowest BCUT2D eigenvalue weighted by Gasteiger charge is -2.12. The van der Waals surface area contributed by atoms with Gasteiger partial charge in [-0.25, -0.2) is 0 Å². The highest BCUT2D eigenvalue weighted by Gasteiger charge is 2.16. The Morgan fingerprint density at radius 3 is 2.47 bits per heavy atom. The Labute approximate surface area is 208 Å². The number of carbonyl (C=O) groups is 1. The van der Waals surface area contributed by atoms with Crippen molar-refractivity contribution in [3.8, 4) is 5.69 Å². The van der Waals surface area contributed by atoms with Crippen LogP contribution in [0.15, 0.2) is 78.0 Å². The second-order valence-electron chi connectivity index (χ2n) is 7.94. The van der Waals surface area contributed by atoms with Gasteiger partial charge in [0.05, 0.1) is 12.3 Å². The SMILES string of the molecule is Cc1ccc(-n2c(CNc3ccc(C)c(Cl)c3)nnc2SCC(=O)NCc2ccccc2)cc1. The van der Waals surface area contributed by atoms with Crippen molar-refractivity contribution in [3.63, 3.8) is 0 Å². The first-order valence-corrected chi connectivity index (χ1v) is 12.3. The van der Waals surface area contributed by atoms with Crippen LogP contribution in [0.4, 0.5) is 5.69 Å². The molecule has 0 aliphatic rings. The summed E-state index contributed by atoms with van der Waals surface area (Å²) in [7, 11) is 0. The van der Waals surface area contributed by atoms with E-state index in [-0.39, 0.29) is 11.7 Å². The van der Waals surface area contributed by atoms with Crippen molar-refractivity contribution in [2.24, 2.45) is 0 Å². The maximum Gasteiger partial charge on any atom is 0.230 e. The summed E-state index contributed by atoms with van der Waals surface area (Å²) in [6.07, 6.45) is 0. The van der Waals surface area contributed by atoms with Gasteiger partial charge in [-0.2, -0.15) is 0 Å². The third-order valence-corrected chi connectivity index (χ3v) is 6.62. The number of anilines is 1. The molecule has 0 aliphatic heterocycles. The predicted molar refractivity (Wildman–Crippen MR) is 139 cm³/mol. The monoisotopic (exact) mass is 491 g/mol. The van der Waals surface area contributed by atoms with Gasteiger partial charge in [-0.1, -0.05) is 77.5 Å². The number of benzene rings is 3. The van der Waals surface area contributed by atoms with Gasteiger partial charge < -0.3 is 10.6 Å². The molecule has 0 atom stereocenters. The summed E-state index contributed by atoms with van der Waals surface area (Å²) >= 11 is 7.63. The number of amides is 1. The van der Waals surface area contributed by atoms with Crippen molar-refractivity contribution in [3.05, 3.63) is 100 Å². The Morgan fingerprint density at radius 2 is 1.74 bits per heavy atom. The van der Waals surface area contributed by atoms with Crippen LogP contribution in [0.5, 0.6) is 0 Å². The van der Waals surface area contributed by atoms with Crippen molar-refractivity contribution < 1.29 is 4.79 Å². The van der Waals surface area contributed by atoms with Crippen molar-refractivity contribution in [2.45, 2.75) is 32.1 Å². The summed E-state index contributed by atoms with van der Waals surface area (Å²) in [5.41, 5.74) is 5.11. The first-order valence-electron chi connectivity index (χ1n) is 10.9. The van der Waals surface area contributed by atoms with E-state index in [1.165, 1.54) is 17.3 Å². The quantitative estimate of drug-likeness (QED) is 0.300. The molecule has 3 aromatic carbocycles. The Kier molecular flexibility index (Phi) is 7.87. The fraction of sp³-hybridized carbons (Fsp3) is 0.192. The Balaban J connectivity index is 1.47. The molecule has 1 heterocycles. The first-order chi connectivity index (χ1) is 16.5. The molecule has 0 fully saturated rings. The Morgan fingerprint density at radius 1 is 0.971 bits per heavy atom. The topological polar surface area (TPSA) is 71.8 Å². The van der Waals surface area contributed by atoms with E-state index in [4.69, 9.17) is 11.6 Å². The second kappa shape index (κ2) is 11.2. The lowest BCUT2D eigenvalue weighted by atomic mass is 10.2. The van der Waals surface area contributed by atoms with Crippen LogP contribution in [0, 0.1) is 13.8 Å².